The van der Waals surface area contributed by atoms with Gasteiger partial charge in [0.05, 0.1) is 0 Å². The first-order valence-corrected chi connectivity index (χ1v) is 6.91. The smallest absolute Gasteiger partial charge is 0.0305 e. The number of aryl methyl sites for hydroxylation is 1. The van der Waals surface area contributed by atoms with Gasteiger partial charge >= 0.3 is 0 Å². The van der Waals surface area contributed by atoms with Gasteiger partial charge in [-0.2, -0.15) is 0 Å². The van der Waals surface area contributed by atoms with Gasteiger partial charge in [0.25, 0.3) is 0 Å². The lowest BCUT2D eigenvalue weighted by Crippen LogP contribution is -1.94. The van der Waals surface area contributed by atoms with Crippen molar-refractivity contribution in [3.63, 3.8) is 0 Å². The highest BCUT2D eigenvalue weighted by atomic mass is 32.2. The maximum Gasteiger partial charge on any atom is 0.0305 e. The summed E-state index contributed by atoms with van der Waals surface area (Å²) in [6.45, 7) is 2.10. The summed E-state index contributed by atoms with van der Waals surface area (Å²) in [6.07, 6.45) is 2.08. The van der Waals surface area contributed by atoms with Crippen LogP contribution in [-0.4, -0.2) is 5.71 Å². The molecule has 1 nitrogen and oxygen atoms in total. The first-order chi connectivity index (χ1) is 8.84. The van der Waals surface area contributed by atoms with E-state index in [1.165, 1.54) is 16.2 Å². The van der Waals surface area contributed by atoms with E-state index in [0.29, 0.717) is 0 Å². The molecule has 0 aliphatic heterocycles. The molecule has 0 radical (unpaired) electrons. The number of rotatable bonds is 5. The van der Waals surface area contributed by atoms with Crippen LogP contribution in [0.5, 0.6) is 0 Å². The van der Waals surface area contributed by atoms with Crippen molar-refractivity contribution in [1.82, 2.24) is 0 Å². The molecule has 0 amide bonds. The van der Waals surface area contributed by atoms with Crippen molar-refractivity contribution in [2.45, 2.75) is 24.7 Å². The third kappa shape index (κ3) is 4.38. The Morgan fingerprint density at radius 1 is 0.944 bits per heavy atom. The molecule has 0 N–H and O–H groups in total. The molecule has 2 aromatic rings. The van der Waals surface area contributed by atoms with Gasteiger partial charge < -0.3 is 0 Å². The summed E-state index contributed by atoms with van der Waals surface area (Å²) in [5.74, 6) is 0. The predicted octanol–water partition coefficient (Wildman–Crippen LogP) is 4.79. The van der Waals surface area contributed by atoms with E-state index in [4.69, 9.17) is 0 Å². The van der Waals surface area contributed by atoms with Gasteiger partial charge in [-0.15, -0.1) is 0 Å². The lowest BCUT2D eigenvalue weighted by molar-refractivity contribution is 1.04. The molecule has 0 aromatic heterocycles. The van der Waals surface area contributed by atoms with Crippen molar-refractivity contribution in [2.24, 2.45) is 4.40 Å². The van der Waals surface area contributed by atoms with E-state index in [-0.39, 0.29) is 0 Å². The van der Waals surface area contributed by atoms with Crippen LogP contribution in [0.1, 0.15) is 18.9 Å². The molecule has 0 saturated heterocycles. The largest absolute Gasteiger partial charge is 0.221 e. The van der Waals surface area contributed by atoms with Crippen LogP contribution in [0.25, 0.3) is 0 Å². The average molecular weight is 255 g/mol. The van der Waals surface area contributed by atoms with Crippen LogP contribution in [0.15, 0.2) is 70.0 Å². The minimum Gasteiger partial charge on any atom is -0.221 e. The third-order valence-corrected chi connectivity index (χ3v) is 3.55. The molecule has 18 heavy (non-hydrogen) atoms. The summed E-state index contributed by atoms with van der Waals surface area (Å²) in [5, 5.41) is 0. The second-order valence-corrected chi connectivity index (χ2v) is 5.05. The molecule has 2 aromatic carbocycles. The van der Waals surface area contributed by atoms with Gasteiger partial charge in [0.2, 0.25) is 0 Å². The van der Waals surface area contributed by atoms with Crippen LogP contribution < -0.4 is 0 Å². The van der Waals surface area contributed by atoms with Gasteiger partial charge in [-0.05, 0) is 37.5 Å². The predicted molar refractivity (Wildman–Crippen MR) is 80.2 cm³/mol. The molecule has 0 unspecified atom stereocenters. The number of hydrogen-bond donors (Lipinski definition) is 0. The van der Waals surface area contributed by atoms with Crippen molar-refractivity contribution in [2.75, 3.05) is 0 Å². The number of nitrogens with zero attached hydrogens (tertiary/aromatic N) is 1. The molecule has 0 aliphatic rings. The second kappa shape index (κ2) is 7.02. The van der Waals surface area contributed by atoms with Crippen LogP contribution in [0.2, 0.25) is 0 Å². The van der Waals surface area contributed by atoms with Gasteiger partial charge in [-0.3, -0.25) is 0 Å². The average Bonchev–Trinajstić information content (AvgIpc) is 2.45. The van der Waals surface area contributed by atoms with Crippen molar-refractivity contribution in [3.8, 4) is 0 Å². The number of hydrogen-bond acceptors (Lipinski definition) is 2. The Labute approximate surface area is 113 Å². The Morgan fingerprint density at radius 3 is 2.22 bits per heavy atom. The highest BCUT2D eigenvalue weighted by molar-refractivity contribution is 7.98. The van der Waals surface area contributed by atoms with Crippen LogP contribution in [0, 0.1) is 0 Å². The zero-order valence-corrected chi connectivity index (χ0v) is 11.4. The Bertz CT molecular complexity index is 491. The normalized spacial score (nSPS) is 11.5. The standard InChI is InChI=1S/C16H17NS/c1-14(12-13-15-8-4-2-5-9-15)17-18-16-10-6-3-7-11-16/h2-11H,12-13H2,1H3/b17-14-. The maximum atomic E-state index is 4.54. The van der Waals surface area contributed by atoms with Gasteiger partial charge in [0.1, 0.15) is 0 Å². The zero-order valence-electron chi connectivity index (χ0n) is 10.5. The summed E-state index contributed by atoms with van der Waals surface area (Å²) in [4.78, 5) is 1.19. The fourth-order valence-electron chi connectivity index (χ4n) is 1.63. The van der Waals surface area contributed by atoms with Crippen molar-refractivity contribution < 1.29 is 0 Å². The molecule has 0 fully saturated rings. The van der Waals surface area contributed by atoms with Crippen LogP contribution in [-0.2, 0) is 6.42 Å². The molecular weight excluding hydrogens is 238 g/mol. The topological polar surface area (TPSA) is 12.4 Å². The molecule has 0 heterocycles. The van der Waals surface area contributed by atoms with Gasteiger partial charge in [0, 0.05) is 22.6 Å². The first-order valence-electron chi connectivity index (χ1n) is 6.14. The molecule has 92 valence electrons. The monoisotopic (exact) mass is 255 g/mol. The maximum absolute atomic E-state index is 4.54. The molecule has 2 heteroatoms. The quantitative estimate of drug-likeness (QED) is 0.553. The molecule has 2 rings (SSSR count). The Morgan fingerprint density at radius 2 is 1.56 bits per heavy atom. The highest BCUT2D eigenvalue weighted by Crippen LogP contribution is 2.19. The van der Waals surface area contributed by atoms with Crippen molar-refractivity contribution >= 4 is 17.7 Å². The summed E-state index contributed by atoms with van der Waals surface area (Å²) in [6, 6.07) is 20.8. The molecule has 0 aliphatic carbocycles. The summed E-state index contributed by atoms with van der Waals surface area (Å²) >= 11 is 1.55. The molecular formula is C16H17NS. The Hall–Kier alpha value is -1.54. The summed E-state index contributed by atoms with van der Waals surface area (Å²) in [7, 11) is 0. The SMILES string of the molecule is C/C(CCc1ccccc1)=N/Sc1ccccc1. The fourth-order valence-corrected chi connectivity index (χ4v) is 2.26. The minimum absolute atomic E-state index is 1.02. The van der Waals surface area contributed by atoms with Crippen LogP contribution >= 0.6 is 11.9 Å². The molecule has 0 spiro atoms. The third-order valence-electron chi connectivity index (χ3n) is 2.67. The minimum atomic E-state index is 1.02. The van der Waals surface area contributed by atoms with E-state index < -0.39 is 0 Å². The van der Waals surface area contributed by atoms with Crippen molar-refractivity contribution in [3.05, 3.63) is 66.2 Å². The van der Waals surface area contributed by atoms with E-state index in [1.807, 2.05) is 18.2 Å². The van der Waals surface area contributed by atoms with Gasteiger partial charge in [-0.1, -0.05) is 48.5 Å². The Kier molecular flexibility index (Phi) is 5.03. The van der Waals surface area contributed by atoms with E-state index in [2.05, 4.69) is 53.8 Å². The molecule has 0 atom stereocenters. The van der Waals surface area contributed by atoms with Crippen LogP contribution in [0.3, 0.4) is 0 Å². The van der Waals surface area contributed by atoms with E-state index in [9.17, 15) is 0 Å². The molecule has 0 saturated carbocycles. The molecule has 0 bridgehead atoms. The van der Waals surface area contributed by atoms with E-state index in [1.54, 1.807) is 11.9 Å². The Balaban J connectivity index is 1.83. The second-order valence-electron chi connectivity index (χ2n) is 4.22. The van der Waals surface area contributed by atoms with E-state index in [0.717, 1.165) is 12.8 Å². The zero-order chi connectivity index (χ0) is 12.6. The lowest BCUT2D eigenvalue weighted by Gasteiger charge is -2.01. The fraction of sp³-hybridized carbons (Fsp3) is 0.188. The van der Waals surface area contributed by atoms with Gasteiger partial charge in [0.15, 0.2) is 0 Å². The number of benzene rings is 2. The van der Waals surface area contributed by atoms with Crippen molar-refractivity contribution in [1.29, 1.82) is 0 Å². The summed E-state index contributed by atoms with van der Waals surface area (Å²) in [5.41, 5.74) is 2.56. The van der Waals surface area contributed by atoms with Crippen LogP contribution in [0.4, 0.5) is 0 Å². The lowest BCUT2D eigenvalue weighted by atomic mass is 10.1. The van der Waals surface area contributed by atoms with Gasteiger partial charge in [-0.25, -0.2) is 4.40 Å². The summed E-state index contributed by atoms with van der Waals surface area (Å²) < 4.78 is 4.54. The van der Waals surface area contributed by atoms with E-state index >= 15 is 0 Å². The first kappa shape index (κ1) is 12.9. The highest BCUT2D eigenvalue weighted by Gasteiger charge is 1.96.